The van der Waals surface area contributed by atoms with Gasteiger partial charge in [-0.2, -0.15) is 5.10 Å². The van der Waals surface area contributed by atoms with Crippen LogP contribution in [0.4, 0.5) is 5.69 Å². The SMILES string of the molecule is Cc1ccc(S(=O)(=O)Nc2ccc(-c3ccc(=O)n(C)n3)cc2)c(C)c1. The molecule has 1 heterocycles. The van der Waals surface area contributed by atoms with Crippen LogP contribution in [0.15, 0.2) is 64.3 Å². The summed E-state index contributed by atoms with van der Waals surface area (Å²) in [4.78, 5) is 11.7. The number of nitrogens with one attached hydrogen (secondary N) is 1. The number of benzene rings is 2. The second kappa shape index (κ2) is 6.76. The van der Waals surface area contributed by atoms with Crippen molar-refractivity contribution in [1.29, 1.82) is 0 Å². The van der Waals surface area contributed by atoms with Gasteiger partial charge < -0.3 is 0 Å². The van der Waals surface area contributed by atoms with E-state index in [2.05, 4.69) is 9.82 Å². The van der Waals surface area contributed by atoms with Gasteiger partial charge in [0.2, 0.25) is 0 Å². The van der Waals surface area contributed by atoms with E-state index in [0.29, 0.717) is 16.9 Å². The molecule has 7 heteroatoms. The van der Waals surface area contributed by atoms with E-state index < -0.39 is 10.0 Å². The van der Waals surface area contributed by atoms with Gasteiger partial charge in [-0.3, -0.25) is 9.52 Å². The van der Waals surface area contributed by atoms with E-state index in [1.54, 1.807) is 56.4 Å². The van der Waals surface area contributed by atoms with Gasteiger partial charge in [-0.05, 0) is 43.7 Å². The predicted molar refractivity (Wildman–Crippen MR) is 102 cm³/mol. The quantitative estimate of drug-likeness (QED) is 0.767. The van der Waals surface area contributed by atoms with Gasteiger partial charge in [0.15, 0.2) is 0 Å². The summed E-state index contributed by atoms with van der Waals surface area (Å²) in [7, 11) is -2.08. The Bertz CT molecular complexity index is 1120. The number of rotatable bonds is 4. The molecule has 3 aromatic rings. The van der Waals surface area contributed by atoms with Crippen molar-refractivity contribution >= 4 is 15.7 Å². The molecule has 0 saturated heterocycles. The Labute approximate surface area is 152 Å². The molecular formula is C19H19N3O3S. The topological polar surface area (TPSA) is 81.1 Å². The Balaban J connectivity index is 1.86. The minimum Gasteiger partial charge on any atom is -0.280 e. The number of aromatic nitrogens is 2. The maximum Gasteiger partial charge on any atom is 0.266 e. The van der Waals surface area contributed by atoms with Gasteiger partial charge in [0.05, 0.1) is 10.6 Å². The summed E-state index contributed by atoms with van der Waals surface area (Å²) in [5, 5.41) is 4.18. The van der Waals surface area contributed by atoms with Crippen LogP contribution >= 0.6 is 0 Å². The van der Waals surface area contributed by atoms with Gasteiger partial charge in [0.1, 0.15) is 0 Å². The molecule has 0 amide bonds. The lowest BCUT2D eigenvalue weighted by molar-refractivity contribution is 0.600. The van der Waals surface area contributed by atoms with Crippen molar-refractivity contribution in [2.24, 2.45) is 7.05 Å². The molecule has 0 bridgehead atoms. The van der Waals surface area contributed by atoms with E-state index in [9.17, 15) is 13.2 Å². The monoisotopic (exact) mass is 369 g/mol. The zero-order valence-electron chi connectivity index (χ0n) is 14.7. The maximum atomic E-state index is 12.6. The standard InChI is InChI=1S/C19H19N3O3S/c1-13-4-10-18(14(2)12-13)26(24,25)21-16-7-5-15(6-8-16)17-9-11-19(23)22(3)20-17/h4-12,21H,1-3H3. The molecule has 0 atom stereocenters. The molecule has 0 aliphatic heterocycles. The molecule has 0 spiro atoms. The number of anilines is 1. The summed E-state index contributed by atoms with van der Waals surface area (Å²) in [6, 6.07) is 15.1. The molecule has 134 valence electrons. The van der Waals surface area contributed by atoms with Crippen LogP contribution in [-0.2, 0) is 17.1 Å². The van der Waals surface area contributed by atoms with Crippen molar-refractivity contribution in [3.63, 3.8) is 0 Å². The Morgan fingerprint density at radius 2 is 1.65 bits per heavy atom. The van der Waals surface area contributed by atoms with Gasteiger partial charge in [-0.1, -0.05) is 29.8 Å². The lowest BCUT2D eigenvalue weighted by Gasteiger charge is -2.11. The third-order valence-electron chi connectivity index (χ3n) is 4.01. The van der Waals surface area contributed by atoms with Crippen molar-refractivity contribution < 1.29 is 8.42 Å². The van der Waals surface area contributed by atoms with Crippen LogP contribution < -0.4 is 10.3 Å². The molecule has 0 unspecified atom stereocenters. The van der Waals surface area contributed by atoms with Crippen molar-refractivity contribution in [2.75, 3.05) is 4.72 Å². The first-order valence-corrected chi connectivity index (χ1v) is 9.49. The number of hydrogen-bond donors (Lipinski definition) is 1. The summed E-state index contributed by atoms with van der Waals surface area (Å²) in [5.41, 5.74) is 3.40. The highest BCUT2D eigenvalue weighted by atomic mass is 32.2. The van der Waals surface area contributed by atoms with Crippen molar-refractivity contribution in [3.8, 4) is 11.3 Å². The molecule has 0 radical (unpaired) electrons. The highest BCUT2D eigenvalue weighted by molar-refractivity contribution is 7.92. The van der Waals surface area contributed by atoms with Gasteiger partial charge in [0, 0.05) is 24.4 Å². The number of sulfonamides is 1. The first-order valence-electron chi connectivity index (χ1n) is 8.01. The number of hydrogen-bond acceptors (Lipinski definition) is 4. The summed E-state index contributed by atoms with van der Waals surface area (Å²) >= 11 is 0. The highest BCUT2D eigenvalue weighted by Crippen LogP contribution is 2.23. The molecule has 0 aliphatic rings. The van der Waals surface area contributed by atoms with Gasteiger partial charge in [-0.25, -0.2) is 13.1 Å². The van der Waals surface area contributed by atoms with Crippen LogP contribution in [0.3, 0.4) is 0 Å². The lowest BCUT2D eigenvalue weighted by atomic mass is 10.1. The lowest BCUT2D eigenvalue weighted by Crippen LogP contribution is -2.18. The molecule has 1 aromatic heterocycles. The molecule has 1 N–H and O–H groups in total. The van der Waals surface area contributed by atoms with Crippen molar-refractivity contribution in [3.05, 3.63) is 76.1 Å². The molecule has 0 fully saturated rings. The van der Waals surface area contributed by atoms with Crippen LogP contribution in [0.5, 0.6) is 0 Å². The van der Waals surface area contributed by atoms with E-state index in [0.717, 1.165) is 11.1 Å². The van der Waals surface area contributed by atoms with Crippen LogP contribution in [0.2, 0.25) is 0 Å². The van der Waals surface area contributed by atoms with E-state index >= 15 is 0 Å². The van der Waals surface area contributed by atoms with Gasteiger partial charge >= 0.3 is 0 Å². The van der Waals surface area contributed by atoms with E-state index in [1.165, 1.54) is 10.7 Å². The fourth-order valence-corrected chi connectivity index (χ4v) is 3.96. The normalized spacial score (nSPS) is 11.3. The maximum absolute atomic E-state index is 12.6. The first-order chi connectivity index (χ1) is 12.3. The average Bonchev–Trinajstić information content (AvgIpc) is 2.57. The third-order valence-corrected chi connectivity index (χ3v) is 5.55. The van der Waals surface area contributed by atoms with Crippen LogP contribution in [-0.4, -0.2) is 18.2 Å². The van der Waals surface area contributed by atoms with E-state index in [1.807, 2.05) is 13.0 Å². The van der Waals surface area contributed by atoms with Crippen molar-refractivity contribution in [1.82, 2.24) is 9.78 Å². The Kier molecular flexibility index (Phi) is 4.65. The Hall–Kier alpha value is -2.93. The molecule has 0 aliphatic carbocycles. The zero-order valence-corrected chi connectivity index (χ0v) is 15.5. The minimum atomic E-state index is -3.66. The van der Waals surface area contributed by atoms with Crippen molar-refractivity contribution in [2.45, 2.75) is 18.7 Å². The van der Waals surface area contributed by atoms with E-state index in [-0.39, 0.29) is 10.5 Å². The third kappa shape index (κ3) is 3.67. The fraction of sp³-hybridized carbons (Fsp3) is 0.158. The molecule has 3 rings (SSSR count). The molecule has 0 saturated carbocycles. The van der Waals surface area contributed by atoms with Gasteiger partial charge in [-0.15, -0.1) is 0 Å². The minimum absolute atomic E-state index is 0.188. The van der Waals surface area contributed by atoms with Crippen LogP contribution in [0, 0.1) is 13.8 Å². The van der Waals surface area contributed by atoms with Crippen LogP contribution in [0.25, 0.3) is 11.3 Å². The van der Waals surface area contributed by atoms with E-state index in [4.69, 9.17) is 0 Å². The Morgan fingerprint density at radius 1 is 0.962 bits per heavy atom. The predicted octanol–water partition coefficient (Wildman–Crippen LogP) is 2.86. The molecular weight excluding hydrogens is 350 g/mol. The zero-order chi connectivity index (χ0) is 18.9. The summed E-state index contributed by atoms with van der Waals surface area (Å²) in [5.74, 6) is 0. The summed E-state index contributed by atoms with van der Waals surface area (Å²) in [6.07, 6.45) is 0. The molecule has 6 nitrogen and oxygen atoms in total. The van der Waals surface area contributed by atoms with Gasteiger partial charge in [0.25, 0.3) is 15.6 Å². The smallest absolute Gasteiger partial charge is 0.266 e. The Morgan fingerprint density at radius 3 is 2.27 bits per heavy atom. The summed E-state index contributed by atoms with van der Waals surface area (Å²) < 4.78 is 29.1. The summed E-state index contributed by atoms with van der Waals surface area (Å²) in [6.45, 7) is 3.69. The average molecular weight is 369 g/mol. The highest BCUT2D eigenvalue weighted by Gasteiger charge is 2.17. The second-order valence-corrected chi connectivity index (χ2v) is 7.78. The largest absolute Gasteiger partial charge is 0.280 e. The molecule has 26 heavy (non-hydrogen) atoms. The molecule has 2 aromatic carbocycles. The fourth-order valence-electron chi connectivity index (χ4n) is 2.68. The number of aryl methyl sites for hydroxylation is 3. The second-order valence-electron chi connectivity index (χ2n) is 6.13. The number of nitrogens with zero attached hydrogens (tertiary/aromatic N) is 2. The first kappa shape index (κ1) is 17.9. The van der Waals surface area contributed by atoms with Crippen LogP contribution in [0.1, 0.15) is 11.1 Å².